The fourth-order valence-electron chi connectivity index (χ4n) is 3.47. The summed E-state index contributed by atoms with van der Waals surface area (Å²) in [4.78, 5) is 41.6. The molecule has 2 aliphatic heterocycles. The molecule has 0 saturated carbocycles. The average Bonchev–Trinajstić information content (AvgIpc) is 2.71. The van der Waals surface area contributed by atoms with Crippen LogP contribution in [0, 0.1) is 0 Å². The van der Waals surface area contributed by atoms with Crippen molar-refractivity contribution in [2.24, 2.45) is 0 Å². The molecule has 29 heavy (non-hydrogen) atoms. The molecule has 4 rings (SSSR count). The summed E-state index contributed by atoms with van der Waals surface area (Å²) in [6, 6.07) is 8.03. The van der Waals surface area contributed by atoms with E-state index in [1.807, 2.05) is 25.9 Å². The zero-order valence-corrected chi connectivity index (χ0v) is 16.4. The third kappa shape index (κ3) is 3.33. The van der Waals surface area contributed by atoms with Crippen LogP contribution in [0.5, 0.6) is 5.75 Å². The molecular weight excluding hydrogens is 376 g/mol. The van der Waals surface area contributed by atoms with Gasteiger partial charge in [-0.3, -0.25) is 14.3 Å². The first-order chi connectivity index (χ1) is 13.9. The Bertz CT molecular complexity index is 1010. The Morgan fingerprint density at radius 1 is 1.21 bits per heavy atom. The molecule has 9 heteroatoms. The third-order valence-electron chi connectivity index (χ3n) is 5.10. The van der Waals surface area contributed by atoms with Crippen molar-refractivity contribution in [3.05, 3.63) is 58.0 Å². The molecule has 2 aliphatic rings. The Labute approximate surface area is 167 Å². The molecule has 3 heterocycles. The lowest BCUT2D eigenvalue weighted by molar-refractivity contribution is -0.0492. The smallest absolute Gasteiger partial charge is 0.343 e. The number of rotatable bonds is 3. The summed E-state index contributed by atoms with van der Waals surface area (Å²) >= 11 is 0. The van der Waals surface area contributed by atoms with Gasteiger partial charge in [0.15, 0.2) is 5.69 Å². The van der Waals surface area contributed by atoms with Gasteiger partial charge in [-0.15, -0.1) is 0 Å². The van der Waals surface area contributed by atoms with Crippen LogP contribution in [0.3, 0.4) is 0 Å². The molecule has 1 N–H and O–H groups in total. The number of carbonyl (C=O) groups excluding carboxylic acids is 2. The van der Waals surface area contributed by atoms with Crippen LogP contribution >= 0.6 is 0 Å². The van der Waals surface area contributed by atoms with Crippen LogP contribution in [-0.4, -0.2) is 61.0 Å². The third-order valence-corrected chi connectivity index (χ3v) is 5.10. The number of fused-ring (bicyclic) bond motifs is 2. The van der Waals surface area contributed by atoms with Crippen LogP contribution in [-0.2, 0) is 4.74 Å². The van der Waals surface area contributed by atoms with Crippen molar-refractivity contribution in [1.82, 2.24) is 9.58 Å². The maximum Gasteiger partial charge on any atom is 0.343 e. The van der Waals surface area contributed by atoms with Crippen molar-refractivity contribution in [2.75, 3.05) is 37.6 Å². The lowest BCUT2D eigenvalue weighted by Crippen LogP contribution is -2.62. The number of morpholine rings is 1. The van der Waals surface area contributed by atoms with Gasteiger partial charge in [-0.05, 0) is 31.2 Å². The van der Waals surface area contributed by atoms with Gasteiger partial charge < -0.3 is 24.7 Å². The van der Waals surface area contributed by atoms with Gasteiger partial charge in [0.05, 0.1) is 18.3 Å². The van der Waals surface area contributed by atoms with Gasteiger partial charge in [-0.2, -0.15) is 0 Å². The summed E-state index contributed by atoms with van der Waals surface area (Å²) in [5.74, 6) is -1.37. The van der Waals surface area contributed by atoms with Crippen molar-refractivity contribution < 1.29 is 19.1 Å². The summed E-state index contributed by atoms with van der Waals surface area (Å²) in [7, 11) is 3.78. The number of amides is 1. The monoisotopic (exact) mass is 398 g/mol. The molecule has 2 aromatic rings. The number of nitrogens with one attached hydrogen (secondary N) is 1. The second-order valence-corrected chi connectivity index (χ2v) is 7.21. The van der Waals surface area contributed by atoms with Crippen LogP contribution in [0.2, 0.25) is 0 Å². The number of ether oxygens (including phenoxy) is 2. The van der Waals surface area contributed by atoms with Crippen molar-refractivity contribution in [2.45, 2.75) is 19.2 Å². The summed E-state index contributed by atoms with van der Waals surface area (Å²) in [6.07, 6.45) is 0.868. The topological polar surface area (TPSA) is 93.1 Å². The predicted octanol–water partition coefficient (Wildman–Crippen LogP) is 0.878. The average molecular weight is 398 g/mol. The number of hydrogen-bond acceptors (Lipinski definition) is 7. The molecule has 1 amide bonds. The standard InChI is InChI=1S/C20H22N4O5/c1-12-18-21-24-9-8-15(25)17(16(24)19(26)23(18)10-11-28-12)29-20(27)13-4-6-14(7-5-13)22(2)3/h4-9,12,18,21H,10-11H2,1-3H3. The van der Waals surface area contributed by atoms with Gasteiger partial charge in [-0.1, -0.05) is 0 Å². The second kappa shape index (κ2) is 7.25. The first-order valence-corrected chi connectivity index (χ1v) is 9.31. The van der Waals surface area contributed by atoms with E-state index in [9.17, 15) is 14.4 Å². The van der Waals surface area contributed by atoms with E-state index in [0.717, 1.165) is 5.69 Å². The largest absolute Gasteiger partial charge is 0.416 e. The minimum absolute atomic E-state index is 0.00103. The molecule has 2 atom stereocenters. The van der Waals surface area contributed by atoms with Crippen LogP contribution in [0.4, 0.5) is 5.69 Å². The number of hydrogen-bond donors (Lipinski definition) is 1. The SMILES string of the molecule is CC1OCCN2C(=O)c3c(OC(=O)c4ccc(N(C)C)cc4)c(=O)ccn3NC12. The predicted molar refractivity (Wildman–Crippen MR) is 106 cm³/mol. The second-order valence-electron chi connectivity index (χ2n) is 7.21. The van der Waals surface area contributed by atoms with E-state index in [-0.39, 0.29) is 35.2 Å². The summed E-state index contributed by atoms with van der Waals surface area (Å²) in [5, 5.41) is 0. The van der Waals surface area contributed by atoms with E-state index < -0.39 is 11.4 Å². The van der Waals surface area contributed by atoms with Crippen molar-refractivity contribution in [3.8, 4) is 5.75 Å². The van der Waals surface area contributed by atoms with E-state index >= 15 is 0 Å². The fourth-order valence-corrected chi connectivity index (χ4v) is 3.47. The first-order valence-electron chi connectivity index (χ1n) is 9.31. The van der Waals surface area contributed by atoms with E-state index in [0.29, 0.717) is 13.2 Å². The lowest BCUT2D eigenvalue weighted by atomic mass is 10.1. The van der Waals surface area contributed by atoms with E-state index in [1.54, 1.807) is 29.2 Å². The van der Waals surface area contributed by atoms with E-state index in [1.165, 1.54) is 16.9 Å². The molecule has 0 radical (unpaired) electrons. The molecule has 0 bridgehead atoms. The fraction of sp³-hybridized carbons (Fsp3) is 0.350. The highest BCUT2D eigenvalue weighted by molar-refractivity contribution is 5.98. The Morgan fingerprint density at radius 3 is 2.62 bits per heavy atom. The van der Waals surface area contributed by atoms with Crippen molar-refractivity contribution >= 4 is 17.6 Å². The quantitative estimate of drug-likeness (QED) is 0.767. The van der Waals surface area contributed by atoms with Gasteiger partial charge in [0.25, 0.3) is 5.91 Å². The number of benzene rings is 1. The first kappa shape index (κ1) is 19.0. The zero-order valence-electron chi connectivity index (χ0n) is 16.4. The van der Waals surface area contributed by atoms with Gasteiger partial charge in [0, 0.05) is 38.6 Å². The molecular formula is C20H22N4O5. The number of anilines is 1. The summed E-state index contributed by atoms with van der Waals surface area (Å²) in [6.45, 7) is 2.64. The van der Waals surface area contributed by atoms with Crippen LogP contribution < -0.4 is 20.5 Å². The highest BCUT2D eigenvalue weighted by Crippen LogP contribution is 2.25. The van der Waals surface area contributed by atoms with E-state index in [2.05, 4.69) is 5.43 Å². The summed E-state index contributed by atoms with van der Waals surface area (Å²) < 4.78 is 12.4. The van der Waals surface area contributed by atoms with Crippen molar-refractivity contribution in [3.63, 3.8) is 0 Å². The van der Waals surface area contributed by atoms with Crippen LogP contribution in [0.25, 0.3) is 0 Å². The van der Waals surface area contributed by atoms with Gasteiger partial charge in [0.2, 0.25) is 11.2 Å². The molecule has 1 aromatic heterocycles. The highest BCUT2D eigenvalue weighted by Gasteiger charge is 2.40. The minimum Gasteiger partial charge on any atom is -0.416 e. The number of pyridine rings is 1. The van der Waals surface area contributed by atoms with Gasteiger partial charge in [0.1, 0.15) is 6.17 Å². The van der Waals surface area contributed by atoms with Crippen LogP contribution in [0.1, 0.15) is 27.8 Å². The van der Waals surface area contributed by atoms with Gasteiger partial charge >= 0.3 is 5.97 Å². The molecule has 152 valence electrons. The number of carbonyl (C=O) groups is 2. The Hall–Kier alpha value is -3.33. The molecule has 9 nitrogen and oxygen atoms in total. The van der Waals surface area contributed by atoms with E-state index in [4.69, 9.17) is 9.47 Å². The Morgan fingerprint density at radius 2 is 1.93 bits per heavy atom. The molecule has 2 unspecified atom stereocenters. The zero-order chi connectivity index (χ0) is 20.7. The maximum atomic E-state index is 13.1. The maximum absolute atomic E-state index is 13.1. The molecule has 0 spiro atoms. The van der Waals surface area contributed by atoms with Gasteiger partial charge in [-0.25, -0.2) is 4.79 Å². The number of esters is 1. The summed E-state index contributed by atoms with van der Waals surface area (Å²) in [5.41, 5.74) is 3.81. The normalized spacial score (nSPS) is 20.4. The Kier molecular flexibility index (Phi) is 4.75. The molecule has 1 saturated heterocycles. The molecule has 1 fully saturated rings. The number of aromatic nitrogens is 1. The minimum atomic E-state index is -0.702. The Balaban J connectivity index is 1.67. The lowest BCUT2D eigenvalue weighted by Gasteiger charge is -2.44. The molecule has 0 aliphatic carbocycles. The highest BCUT2D eigenvalue weighted by atomic mass is 16.5. The van der Waals surface area contributed by atoms with Crippen LogP contribution in [0.15, 0.2) is 41.3 Å². The van der Waals surface area contributed by atoms with Crippen molar-refractivity contribution in [1.29, 1.82) is 0 Å². The number of nitrogens with zero attached hydrogens (tertiary/aromatic N) is 3. The molecule has 1 aromatic carbocycles.